The monoisotopic (exact) mass is 410 g/mol. The number of ketones is 1. The van der Waals surface area contributed by atoms with Gasteiger partial charge in [0.1, 0.15) is 11.8 Å². The molecule has 8 nitrogen and oxygen atoms in total. The van der Waals surface area contributed by atoms with Gasteiger partial charge in [0, 0.05) is 16.7 Å². The Balaban J connectivity index is 1.89. The highest BCUT2D eigenvalue weighted by Crippen LogP contribution is 2.58. The zero-order valence-corrected chi connectivity index (χ0v) is 16.7. The number of carbonyl (C=O) groups excluding carboxylic acids is 2. The van der Waals surface area contributed by atoms with Crippen molar-refractivity contribution >= 4 is 17.8 Å². The normalized spacial score (nSPS) is 24.5. The van der Waals surface area contributed by atoms with Crippen molar-refractivity contribution in [2.75, 3.05) is 0 Å². The molecular formula is C22H22N2O6. The summed E-state index contributed by atoms with van der Waals surface area (Å²) in [6.45, 7) is 5.36. The number of hydrogen-bond acceptors (Lipinski definition) is 5. The Labute approximate surface area is 172 Å². The molecule has 0 saturated heterocycles. The fourth-order valence-electron chi connectivity index (χ4n) is 4.17. The molecule has 0 bridgehead atoms. The maximum atomic E-state index is 13.6. The molecule has 0 spiro atoms. The number of amides is 2. The van der Waals surface area contributed by atoms with Gasteiger partial charge in [-0.3, -0.25) is 9.59 Å². The van der Waals surface area contributed by atoms with E-state index in [2.05, 4.69) is 10.6 Å². The van der Waals surface area contributed by atoms with Crippen LogP contribution in [-0.2, 0) is 16.1 Å². The molecule has 0 aromatic heterocycles. The van der Waals surface area contributed by atoms with Crippen molar-refractivity contribution in [3.05, 3.63) is 64.7 Å². The Bertz CT molecular complexity index is 1080. The van der Waals surface area contributed by atoms with Crippen LogP contribution in [0.25, 0.3) is 0 Å². The number of benzene rings is 2. The van der Waals surface area contributed by atoms with Crippen LogP contribution < -0.4 is 15.4 Å². The van der Waals surface area contributed by atoms with Gasteiger partial charge in [-0.2, -0.15) is 0 Å². The van der Waals surface area contributed by atoms with Gasteiger partial charge in [-0.1, -0.05) is 50.2 Å². The van der Waals surface area contributed by atoms with Crippen LogP contribution in [0.15, 0.2) is 42.5 Å². The molecule has 8 heteroatoms. The van der Waals surface area contributed by atoms with Crippen molar-refractivity contribution in [1.82, 2.24) is 10.6 Å². The third-order valence-corrected chi connectivity index (χ3v) is 5.76. The molecule has 2 unspecified atom stereocenters. The lowest BCUT2D eigenvalue weighted by Crippen LogP contribution is -2.62. The SMILES string of the molecule is CC(C)c1ccc2c(c1)OC1(O)c3ccccc3C(=O)C21NC(=O)[C@@H](C)NC(=O)O. The van der Waals surface area contributed by atoms with Gasteiger partial charge in [0.25, 0.3) is 5.79 Å². The lowest BCUT2D eigenvalue weighted by molar-refractivity contribution is -0.175. The van der Waals surface area contributed by atoms with E-state index in [0.29, 0.717) is 11.3 Å². The second kappa shape index (κ2) is 6.56. The average molecular weight is 410 g/mol. The number of nitrogens with one attached hydrogen (secondary N) is 2. The summed E-state index contributed by atoms with van der Waals surface area (Å²) in [7, 11) is 0. The number of aliphatic hydroxyl groups is 1. The van der Waals surface area contributed by atoms with Crippen LogP contribution >= 0.6 is 0 Å². The molecule has 2 aromatic carbocycles. The Hall–Kier alpha value is -3.39. The molecule has 0 saturated carbocycles. The summed E-state index contributed by atoms with van der Waals surface area (Å²) in [5.41, 5.74) is -0.173. The lowest BCUT2D eigenvalue weighted by Gasteiger charge is -2.35. The molecule has 156 valence electrons. The highest BCUT2D eigenvalue weighted by atomic mass is 16.6. The third kappa shape index (κ3) is 2.53. The molecular weight excluding hydrogens is 388 g/mol. The van der Waals surface area contributed by atoms with Gasteiger partial charge >= 0.3 is 6.09 Å². The van der Waals surface area contributed by atoms with E-state index >= 15 is 0 Å². The predicted octanol–water partition coefficient (Wildman–Crippen LogP) is 2.21. The Morgan fingerprint density at radius 2 is 1.77 bits per heavy atom. The average Bonchev–Trinajstić information content (AvgIpc) is 3.04. The molecule has 0 fully saturated rings. The molecule has 30 heavy (non-hydrogen) atoms. The summed E-state index contributed by atoms with van der Waals surface area (Å²) in [6.07, 6.45) is -1.38. The molecule has 1 aliphatic carbocycles. The quantitative estimate of drug-likeness (QED) is 0.613. The van der Waals surface area contributed by atoms with Crippen LogP contribution in [0.1, 0.15) is 53.7 Å². The van der Waals surface area contributed by atoms with Gasteiger partial charge in [0.15, 0.2) is 0 Å². The zero-order chi connectivity index (χ0) is 21.8. The van der Waals surface area contributed by atoms with Gasteiger partial charge in [-0.25, -0.2) is 4.79 Å². The highest BCUT2D eigenvalue weighted by molar-refractivity contribution is 6.12. The van der Waals surface area contributed by atoms with Gasteiger partial charge in [-0.05, 0) is 24.5 Å². The Morgan fingerprint density at radius 3 is 2.43 bits per heavy atom. The largest absolute Gasteiger partial charge is 0.465 e. The molecule has 2 amide bonds. The maximum absolute atomic E-state index is 13.6. The molecule has 2 aliphatic rings. The molecule has 4 N–H and O–H groups in total. The van der Waals surface area contributed by atoms with Crippen molar-refractivity contribution in [3.8, 4) is 5.75 Å². The van der Waals surface area contributed by atoms with Crippen molar-refractivity contribution in [1.29, 1.82) is 0 Å². The number of ether oxygens (including phenoxy) is 1. The van der Waals surface area contributed by atoms with E-state index in [0.717, 1.165) is 5.56 Å². The first-order chi connectivity index (χ1) is 14.1. The minimum absolute atomic E-state index is 0.183. The summed E-state index contributed by atoms with van der Waals surface area (Å²) < 4.78 is 5.95. The van der Waals surface area contributed by atoms with Crippen LogP contribution in [0, 0.1) is 0 Å². The second-order valence-electron chi connectivity index (χ2n) is 7.94. The highest BCUT2D eigenvalue weighted by Gasteiger charge is 2.71. The van der Waals surface area contributed by atoms with E-state index in [1.54, 1.807) is 36.4 Å². The van der Waals surface area contributed by atoms with Crippen LogP contribution in [0.2, 0.25) is 0 Å². The smallest absolute Gasteiger partial charge is 0.405 e. The number of Topliss-reactive ketones (excluding diaryl/α,β-unsaturated/α-hetero) is 1. The van der Waals surface area contributed by atoms with Crippen molar-refractivity contribution in [2.45, 2.75) is 44.1 Å². The number of fused-ring (bicyclic) bond motifs is 5. The summed E-state index contributed by atoms with van der Waals surface area (Å²) in [6, 6.07) is 10.6. The molecule has 0 radical (unpaired) electrons. The number of carboxylic acid groups (broad SMARTS) is 1. The van der Waals surface area contributed by atoms with Crippen molar-refractivity contribution in [3.63, 3.8) is 0 Å². The number of carbonyl (C=O) groups is 3. The summed E-state index contributed by atoms with van der Waals surface area (Å²) in [5, 5.41) is 25.3. The lowest BCUT2D eigenvalue weighted by atomic mass is 9.82. The van der Waals surface area contributed by atoms with E-state index in [1.165, 1.54) is 6.92 Å². The van der Waals surface area contributed by atoms with Crippen LogP contribution in [0.3, 0.4) is 0 Å². The first kappa shape index (κ1) is 19.9. The van der Waals surface area contributed by atoms with E-state index in [4.69, 9.17) is 9.84 Å². The van der Waals surface area contributed by atoms with Gasteiger partial charge in [0.05, 0.1) is 0 Å². The van der Waals surface area contributed by atoms with Crippen LogP contribution in [0.5, 0.6) is 5.75 Å². The Morgan fingerprint density at radius 1 is 1.07 bits per heavy atom. The van der Waals surface area contributed by atoms with Crippen LogP contribution in [0.4, 0.5) is 4.79 Å². The zero-order valence-electron chi connectivity index (χ0n) is 16.7. The standard InChI is InChI=1S/C22H22N2O6/c1-11(2)13-8-9-16-17(10-13)30-22(29)15-7-5-4-6-14(15)18(25)21(16,22)24-19(26)12(3)23-20(27)28/h4-12,23,29H,1-3H3,(H,24,26)(H,27,28)/t12-,21?,22?/m1/s1. The van der Waals surface area contributed by atoms with E-state index in [-0.39, 0.29) is 17.0 Å². The van der Waals surface area contributed by atoms with Crippen molar-refractivity contribution in [2.24, 2.45) is 0 Å². The summed E-state index contributed by atoms with van der Waals surface area (Å²) >= 11 is 0. The fourth-order valence-corrected chi connectivity index (χ4v) is 4.17. The molecule has 2 aromatic rings. The van der Waals surface area contributed by atoms with E-state index in [9.17, 15) is 19.5 Å². The minimum Gasteiger partial charge on any atom is -0.465 e. The maximum Gasteiger partial charge on any atom is 0.405 e. The molecule has 1 aliphatic heterocycles. The Kier molecular flexibility index (Phi) is 4.36. The number of rotatable bonds is 4. The topological polar surface area (TPSA) is 125 Å². The van der Waals surface area contributed by atoms with Gasteiger partial charge < -0.3 is 25.6 Å². The number of hydrogen-bond donors (Lipinski definition) is 4. The van der Waals surface area contributed by atoms with Gasteiger partial charge in [0.2, 0.25) is 17.2 Å². The van der Waals surface area contributed by atoms with Crippen molar-refractivity contribution < 1.29 is 29.3 Å². The second-order valence-corrected chi connectivity index (χ2v) is 7.94. The summed E-state index contributed by atoms with van der Waals surface area (Å²) in [5.74, 6) is -2.96. The minimum atomic E-state index is -2.16. The van der Waals surface area contributed by atoms with Crippen LogP contribution in [-0.4, -0.2) is 34.0 Å². The van der Waals surface area contributed by atoms with E-state index in [1.807, 2.05) is 19.9 Å². The van der Waals surface area contributed by atoms with Gasteiger partial charge in [-0.15, -0.1) is 0 Å². The molecule has 4 rings (SSSR count). The molecule has 3 atom stereocenters. The predicted molar refractivity (Wildman–Crippen MR) is 106 cm³/mol. The first-order valence-corrected chi connectivity index (χ1v) is 9.63. The summed E-state index contributed by atoms with van der Waals surface area (Å²) in [4.78, 5) is 37.4. The fraction of sp³-hybridized carbons (Fsp3) is 0.318. The van der Waals surface area contributed by atoms with E-state index < -0.39 is 35.2 Å². The third-order valence-electron chi connectivity index (χ3n) is 5.76. The molecule has 1 heterocycles. The first-order valence-electron chi connectivity index (χ1n) is 9.63.